The fraction of sp³-hybridized carbons (Fsp3) is 0.643. The molecule has 1 aromatic rings. The molecule has 1 saturated carbocycles. The number of thiophene rings is 1. The van der Waals surface area contributed by atoms with Gasteiger partial charge in [-0.05, 0) is 37.8 Å². The standard InChI is InChI=1S/C14H22N2O3S2/c1-2-14(8-3-4-9-14)13(17)16-10-7-11-5-6-12(20-11)21(15,18)19/h5-6H,2-4,7-10H2,1H3,(H,16,17)(H2,15,18,19). The van der Waals surface area contributed by atoms with Crippen molar-refractivity contribution in [2.45, 2.75) is 49.7 Å². The molecule has 0 aliphatic heterocycles. The highest BCUT2D eigenvalue weighted by Gasteiger charge is 2.38. The van der Waals surface area contributed by atoms with Crippen molar-refractivity contribution >= 4 is 27.3 Å². The number of carbonyl (C=O) groups excluding carboxylic acids is 1. The molecule has 0 spiro atoms. The Morgan fingerprint density at radius 3 is 2.57 bits per heavy atom. The molecular weight excluding hydrogens is 308 g/mol. The predicted molar refractivity (Wildman–Crippen MR) is 83.6 cm³/mol. The third-order valence-corrected chi connectivity index (χ3v) is 6.88. The van der Waals surface area contributed by atoms with E-state index in [0.717, 1.165) is 48.3 Å². The molecule has 2 rings (SSSR count). The van der Waals surface area contributed by atoms with Gasteiger partial charge in [0.2, 0.25) is 15.9 Å². The van der Waals surface area contributed by atoms with Crippen LogP contribution < -0.4 is 10.5 Å². The summed E-state index contributed by atoms with van der Waals surface area (Å²) in [4.78, 5) is 13.2. The Bertz CT molecular complexity index is 601. The van der Waals surface area contributed by atoms with Crippen molar-refractivity contribution in [2.24, 2.45) is 10.6 Å². The molecule has 1 fully saturated rings. The minimum atomic E-state index is -3.62. The van der Waals surface area contributed by atoms with E-state index in [1.165, 1.54) is 6.07 Å². The molecule has 5 nitrogen and oxygen atoms in total. The van der Waals surface area contributed by atoms with Crippen molar-refractivity contribution in [2.75, 3.05) is 6.54 Å². The molecule has 0 atom stereocenters. The number of amides is 1. The van der Waals surface area contributed by atoms with E-state index in [-0.39, 0.29) is 15.5 Å². The zero-order valence-electron chi connectivity index (χ0n) is 12.2. The van der Waals surface area contributed by atoms with Crippen LogP contribution in [0.1, 0.15) is 43.9 Å². The summed E-state index contributed by atoms with van der Waals surface area (Å²) in [5, 5.41) is 8.08. The fourth-order valence-corrected chi connectivity index (χ4v) is 4.70. The van der Waals surface area contributed by atoms with Crippen LogP contribution in [-0.4, -0.2) is 20.9 Å². The largest absolute Gasteiger partial charge is 0.355 e. The van der Waals surface area contributed by atoms with Crippen LogP contribution in [-0.2, 0) is 21.2 Å². The molecule has 7 heteroatoms. The zero-order chi connectivity index (χ0) is 15.5. The molecule has 1 aromatic heterocycles. The maximum absolute atomic E-state index is 12.3. The van der Waals surface area contributed by atoms with Gasteiger partial charge in [0, 0.05) is 16.8 Å². The van der Waals surface area contributed by atoms with Crippen molar-refractivity contribution in [3.63, 3.8) is 0 Å². The first-order valence-electron chi connectivity index (χ1n) is 7.27. The Labute approximate surface area is 130 Å². The Balaban J connectivity index is 1.87. The van der Waals surface area contributed by atoms with Crippen molar-refractivity contribution in [3.8, 4) is 0 Å². The Hall–Kier alpha value is -0.920. The van der Waals surface area contributed by atoms with Gasteiger partial charge in [0.1, 0.15) is 4.21 Å². The normalized spacial score (nSPS) is 17.8. The number of sulfonamides is 1. The molecule has 0 unspecified atom stereocenters. The highest BCUT2D eigenvalue weighted by molar-refractivity contribution is 7.91. The van der Waals surface area contributed by atoms with Crippen molar-refractivity contribution < 1.29 is 13.2 Å². The monoisotopic (exact) mass is 330 g/mol. The van der Waals surface area contributed by atoms with Crippen molar-refractivity contribution in [3.05, 3.63) is 17.0 Å². The van der Waals surface area contributed by atoms with E-state index in [1.807, 2.05) is 0 Å². The third kappa shape index (κ3) is 3.84. The lowest BCUT2D eigenvalue weighted by molar-refractivity contribution is -0.131. The average Bonchev–Trinajstić information content (AvgIpc) is 3.07. The van der Waals surface area contributed by atoms with E-state index in [9.17, 15) is 13.2 Å². The second kappa shape index (κ2) is 6.46. The summed E-state index contributed by atoms with van der Waals surface area (Å²) >= 11 is 1.16. The first kappa shape index (κ1) is 16.5. The quantitative estimate of drug-likeness (QED) is 0.836. The van der Waals surface area contributed by atoms with Gasteiger partial charge in [0.25, 0.3) is 0 Å². The van der Waals surface area contributed by atoms with E-state index in [2.05, 4.69) is 12.2 Å². The van der Waals surface area contributed by atoms with Gasteiger partial charge in [-0.15, -0.1) is 11.3 Å². The van der Waals surface area contributed by atoms with Crippen molar-refractivity contribution in [1.82, 2.24) is 5.32 Å². The Morgan fingerprint density at radius 2 is 2.05 bits per heavy atom. The molecule has 3 N–H and O–H groups in total. The molecule has 118 valence electrons. The summed E-state index contributed by atoms with van der Waals surface area (Å²) in [6.07, 6.45) is 5.72. The topological polar surface area (TPSA) is 89.3 Å². The van der Waals surface area contributed by atoms with E-state index in [4.69, 9.17) is 5.14 Å². The number of rotatable bonds is 6. The molecule has 1 aliphatic carbocycles. The lowest BCUT2D eigenvalue weighted by Crippen LogP contribution is -2.39. The Morgan fingerprint density at radius 1 is 1.38 bits per heavy atom. The predicted octanol–water partition coefficient (Wildman–Crippen LogP) is 2.02. The SMILES string of the molecule is CCC1(C(=O)NCCc2ccc(S(N)(=O)=O)s2)CCCC1. The number of carbonyl (C=O) groups is 1. The lowest BCUT2D eigenvalue weighted by Gasteiger charge is -2.25. The fourth-order valence-electron chi connectivity index (χ4n) is 2.93. The maximum atomic E-state index is 12.3. The molecule has 1 aliphatic rings. The highest BCUT2D eigenvalue weighted by Crippen LogP contribution is 2.41. The van der Waals surface area contributed by atoms with Gasteiger partial charge < -0.3 is 5.32 Å². The first-order valence-corrected chi connectivity index (χ1v) is 9.63. The van der Waals surface area contributed by atoms with Crippen molar-refractivity contribution in [1.29, 1.82) is 0 Å². The lowest BCUT2D eigenvalue weighted by atomic mass is 9.82. The zero-order valence-corrected chi connectivity index (χ0v) is 13.9. The van der Waals surface area contributed by atoms with E-state index in [1.54, 1.807) is 6.07 Å². The van der Waals surface area contributed by atoms with E-state index in [0.29, 0.717) is 13.0 Å². The number of nitrogens with two attached hydrogens (primary N) is 1. The van der Waals surface area contributed by atoms with Crippen LogP contribution in [0.25, 0.3) is 0 Å². The van der Waals surface area contributed by atoms with Crippen LogP contribution in [0.15, 0.2) is 16.3 Å². The summed E-state index contributed by atoms with van der Waals surface area (Å²) < 4.78 is 22.6. The van der Waals surface area contributed by atoms with Gasteiger partial charge in [-0.1, -0.05) is 19.8 Å². The summed E-state index contributed by atoms with van der Waals surface area (Å²) in [7, 11) is -3.62. The molecule has 0 saturated heterocycles. The maximum Gasteiger partial charge on any atom is 0.247 e. The van der Waals surface area contributed by atoms with Crippen LogP contribution >= 0.6 is 11.3 Å². The van der Waals surface area contributed by atoms with Gasteiger partial charge >= 0.3 is 0 Å². The van der Waals surface area contributed by atoms with Crippen LogP contribution in [0.2, 0.25) is 0 Å². The minimum Gasteiger partial charge on any atom is -0.355 e. The molecule has 0 aromatic carbocycles. The Kier molecular flexibility index (Phi) is 5.06. The van der Waals surface area contributed by atoms with Gasteiger partial charge in [-0.25, -0.2) is 13.6 Å². The number of primary sulfonamides is 1. The number of hydrogen-bond donors (Lipinski definition) is 2. The van der Waals surface area contributed by atoms with Crippen LogP contribution in [0.3, 0.4) is 0 Å². The van der Waals surface area contributed by atoms with Crippen LogP contribution in [0.4, 0.5) is 0 Å². The third-order valence-electron chi connectivity index (χ3n) is 4.29. The summed E-state index contributed by atoms with van der Waals surface area (Å²) in [6, 6.07) is 3.27. The molecule has 0 radical (unpaired) electrons. The molecular formula is C14H22N2O3S2. The first-order chi connectivity index (χ1) is 9.87. The van der Waals surface area contributed by atoms with Crippen LogP contribution in [0.5, 0.6) is 0 Å². The van der Waals surface area contributed by atoms with E-state index >= 15 is 0 Å². The molecule has 0 bridgehead atoms. The van der Waals surface area contributed by atoms with Gasteiger partial charge in [-0.3, -0.25) is 4.79 Å². The van der Waals surface area contributed by atoms with Crippen LogP contribution in [0, 0.1) is 5.41 Å². The van der Waals surface area contributed by atoms with E-state index < -0.39 is 10.0 Å². The minimum absolute atomic E-state index is 0.144. The summed E-state index contributed by atoms with van der Waals surface area (Å²) in [6.45, 7) is 2.60. The smallest absolute Gasteiger partial charge is 0.247 e. The highest BCUT2D eigenvalue weighted by atomic mass is 32.2. The average molecular weight is 330 g/mol. The molecule has 1 amide bonds. The molecule has 21 heavy (non-hydrogen) atoms. The second-order valence-electron chi connectivity index (χ2n) is 5.61. The van der Waals surface area contributed by atoms with Gasteiger partial charge in [0.15, 0.2) is 0 Å². The molecule has 1 heterocycles. The number of hydrogen-bond acceptors (Lipinski definition) is 4. The summed E-state index contributed by atoms with van der Waals surface area (Å²) in [5.74, 6) is 0.144. The van der Waals surface area contributed by atoms with Gasteiger partial charge in [0.05, 0.1) is 0 Å². The van der Waals surface area contributed by atoms with Gasteiger partial charge in [-0.2, -0.15) is 0 Å². The second-order valence-corrected chi connectivity index (χ2v) is 8.57. The summed E-state index contributed by atoms with van der Waals surface area (Å²) in [5.41, 5.74) is -0.179. The number of nitrogens with one attached hydrogen (secondary N) is 1.